The van der Waals surface area contributed by atoms with E-state index >= 15 is 0 Å². The van der Waals surface area contributed by atoms with E-state index in [1.54, 1.807) is 6.92 Å². The van der Waals surface area contributed by atoms with E-state index < -0.39 is 23.5 Å². The molecule has 0 aromatic heterocycles. The third-order valence-electron chi connectivity index (χ3n) is 3.85. The van der Waals surface area contributed by atoms with Crippen LogP contribution in [0.4, 0.5) is 0 Å². The van der Waals surface area contributed by atoms with E-state index in [-0.39, 0.29) is 6.61 Å². The van der Waals surface area contributed by atoms with Crippen LogP contribution in [0.1, 0.15) is 44.7 Å². The van der Waals surface area contributed by atoms with Gasteiger partial charge in [-0.05, 0) is 49.9 Å². The van der Waals surface area contributed by atoms with Crippen LogP contribution < -0.4 is 10.1 Å². The van der Waals surface area contributed by atoms with Crippen LogP contribution in [0.25, 0.3) is 0 Å². The lowest BCUT2D eigenvalue weighted by atomic mass is 9.98. The average molecular weight is 337 g/mol. The summed E-state index contributed by atoms with van der Waals surface area (Å²) in [6.45, 7) is 9.06. The number of aliphatic carboxylic acids is 1. The number of nitrogens with one attached hydrogen (secondary N) is 1. The van der Waals surface area contributed by atoms with Crippen LogP contribution >= 0.6 is 0 Å². The maximum absolute atomic E-state index is 12.2. The van der Waals surface area contributed by atoms with Gasteiger partial charge in [-0.15, -0.1) is 0 Å². The molecule has 0 aliphatic rings. The highest BCUT2D eigenvalue weighted by Gasteiger charge is 2.36. The molecule has 0 fully saturated rings. The second-order valence-electron chi connectivity index (χ2n) is 6.49. The van der Waals surface area contributed by atoms with Crippen molar-refractivity contribution >= 4 is 11.9 Å². The minimum absolute atomic E-state index is 0.136. The number of ether oxygens (including phenoxy) is 2. The van der Waals surface area contributed by atoms with Gasteiger partial charge >= 0.3 is 5.97 Å². The fourth-order valence-electron chi connectivity index (χ4n) is 2.44. The van der Waals surface area contributed by atoms with Crippen LogP contribution in [-0.2, 0) is 14.3 Å². The normalized spacial score (nSPS) is 14.8. The molecule has 0 saturated heterocycles. The smallest absolute Gasteiger partial charge is 0.331 e. The Morgan fingerprint density at radius 1 is 1.29 bits per heavy atom. The van der Waals surface area contributed by atoms with Crippen LogP contribution in [0.2, 0.25) is 0 Å². The summed E-state index contributed by atoms with van der Waals surface area (Å²) in [6.07, 6.45) is -0.829. The molecule has 6 nitrogen and oxygen atoms in total. The number of hydrogen-bond donors (Lipinski definition) is 2. The van der Waals surface area contributed by atoms with Crippen LogP contribution in [0.3, 0.4) is 0 Å². The predicted octanol–water partition coefficient (Wildman–Crippen LogP) is 2.49. The summed E-state index contributed by atoms with van der Waals surface area (Å²) in [6, 6.07) is 5.68. The van der Waals surface area contributed by atoms with Crippen molar-refractivity contribution < 1.29 is 24.2 Å². The Hall–Kier alpha value is -2.08. The first-order chi connectivity index (χ1) is 11.1. The second kappa shape index (κ2) is 8.15. The first-order valence-electron chi connectivity index (χ1n) is 7.92. The molecule has 0 heterocycles. The van der Waals surface area contributed by atoms with Gasteiger partial charge in [-0.1, -0.05) is 19.9 Å². The predicted molar refractivity (Wildman–Crippen MR) is 91.4 cm³/mol. The zero-order valence-corrected chi connectivity index (χ0v) is 15.2. The standard InChI is InChI=1S/C18H27NO5/c1-11(2)15-8-7-14(9-12(15)3)24-13(4)16(20)19-18(5,10-23-6)17(21)22/h7-9,11,13H,10H2,1-6H3,(H,19,20)(H,21,22). The van der Waals surface area contributed by atoms with Gasteiger partial charge in [-0.3, -0.25) is 4.79 Å². The van der Waals surface area contributed by atoms with Gasteiger partial charge in [0.05, 0.1) is 6.61 Å². The van der Waals surface area contributed by atoms with Gasteiger partial charge in [0.2, 0.25) is 0 Å². The summed E-state index contributed by atoms with van der Waals surface area (Å²) >= 11 is 0. The molecule has 0 saturated carbocycles. The minimum atomic E-state index is -1.50. The summed E-state index contributed by atoms with van der Waals surface area (Å²) in [5.74, 6) is -0.696. The fourth-order valence-corrected chi connectivity index (χ4v) is 2.44. The van der Waals surface area contributed by atoms with E-state index in [0.717, 1.165) is 5.56 Å². The summed E-state index contributed by atoms with van der Waals surface area (Å²) in [4.78, 5) is 23.6. The van der Waals surface area contributed by atoms with Gasteiger partial charge in [0.1, 0.15) is 5.75 Å². The van der Waals surface area contributed by atoms with Gasteiger partial charge < -0.3 is 19.9 Å². The van der Waals surface area contributed by atoms with Crippen molar-refractivity contribution in [3.8, 4) is 5.75 Å². The highest BCUT2D eigenvalue weighted by Crippen LogP contribution is 2.24. The lowest BCUT2D eigenvalue weighted by molar-refractivity contribution is -0.150. The molecule has 0 aliphatic heterocycles. The van der Waals surface area contributed by atoms with Gasteiger partial charge in [0.25, 0.3) is 5.91 Å². The van der Waals surface area contributed by atoms with Gasteiger partial charge in [0.15, 0.2) is 11.6 Å². The molecule has 1 aromatic rings. The maximum Gasteiger partial charge on any atom is 0.331 e. The summed E-state index contributed by atoms with van der Waals surface area (Å²) in [5.41, 5.74) is 0.809. The third-order valence-corrected chi connectivity index (χ3v) is 3.85. The van der Waals surface area contributed by atoms with Gasteiger partial charge in [-0.2, -0.15) is 0 Å². The van der Waals surface area contributed by atoms with Crippen LogP contribution in [-0.4, -0.2) is 42.3 Å². The second-order valence-corrected chi connectivity index (χ2v) is 6.49. The zero-order chi connectivity index (χ0) is 18.5. The SMILES string of the molecule is COCC(C)(NC(=O)C(C)Oc1ccc(C(C)C)c(C)c1)C(=O)O. The third kappa shape index (κ3) is 4.96. The van der Waals surface area contributed by atoms with Crippen LogP contribution in [0.15, 0.2) is 18.2 Å². The molecule has 2 unspecified atom stereocenters. The van der Waals surface area contributed by atoms with Crippen molar-refractivity contribution in [2.75, 3.05) is 13.7 Å². The number of hydrogen-bond acceptors (Lipinski definition) is 4. The average Bonchev–Trinajstić information content (AvgIpc) is 2.46. The van der Waals surface area contributed by atoms with E-state index in [9.17, 15) is 14.7 Å². The number of carboxylic acids is 1. The summed E-state index contributed by atoms with van der Waals surface area (Å²) in [7, 11) is 1.38. The van der Waals surface area contributed by atoms with Crippen LogP contribution in [0, 0.1) is 6.92 Å². The lowest BCUT2D eigenvalue weighted by Gasteiger charge is -2.27. The number of aryl methyl sites for hydroxylation is 1. The number of benzene rings is 1. The van der Waals surface area contributed by atoms with Crippen molar-refractivity contribution in [3.63, 3.8) is 0 Å². The first-order valence-corrected chi connectivity index (χ1v) is 7.92. The quantitative estimate of drug-likeness (QED) is 0.761. The molecule has 2 atom stereocenters. The highest BCUT2D eigenvalue weighted by molar-refractivity contribution is 5.88. The number of carbonyl (C=O) groups excluding carboxylic acids is 1. The Morgan fingerprint density at radius 2 is 1.92 bits per heavy atom. The van der Waals surface area contributed by atoms with E-state index in [2.05, 4.69) is 19.2 Å². The summed E-state index contributed by atoms with van der Waals surface area (Å²) in [5, 5.41) is 11.7. The Bertz CT molecular complexity index is 599. The zero-order valence-electron chi connectivity index (χ0n) is 15.2. The van der Waals surface area contributed by atoms with Crippen LogP contribution in [0.5, 0.6) is 5.75 Å². The molecule has 0 radical (unpaired) electrons. The molecule has 24 heavy (non-hydrogen) atoms. The minimum Gasteiger partial charge on any atom is -0.481 e. The first kappa shape index (κ1) is 20.0. The fraction of sp³-hybridized carbons (Fsp3) is 0.556. The van der Waals surface area contributed by atoms with Crippen molar-refractivity contribution in [2.45, 2.75) is 52.2 Å². The molecular weight excluding hydrogens is 310 g/mol. The van der Waals surface area contributed by atoms with Gasteiger partial charge in [0, 0.05) is 7.11 Å². The molecule has 1 aromatic carbocycles. The van der Waals surface area contributed by atoms with Gasteiger partial charge in [-0.25, -0.2) is 4.79 Å². The molecule has 134 valence electrons. The molecule has 6 heteroatoms. The number of amides is 1. The maximum atomic E-state index is 12.2. The van der Waals surface area contributed by atoms with E-state index in [1.165, 1.54) is 19.6 Å². The Morgan fingerprint density at radius 3 is 2.38 bits per heavy atom. The molecular formula is C18H27NO5. The van der Waals surface area contributed by atoms with E-state index in [4.69, 9.17) is 9.47 Å². The summed E-state index contributed by atoms with van der Waals surface area (Å²) < 4.78 is 10.5. The molecule has 2 N–H and O–H groups in total. The Balaban J connectivity index is 2.80. The lowest BCUT2D eigenvalue weighted by Crippen LogP contribution is -2.57. The number of methoxy groups -OCH3 is 1. The molecule has 0 bridgehead atoms. The number of carbonyl (C=O) groups is 2. The number of carboxylic acid groups (broad SMARTS) is 1. The Labute approximate surface area is 143 Å². The molecule has 1 rings (SSSR count). The van der Waals surface area contributed by atoms with E-state index in [1.807, 2.05) is 25.1 Å². The van der Waals surface area contributed by atoms with Crippen molar-refractivity contribution in [2.24, 2.45) is 0 Å². The highest BCUT2D eigenvalue weighted by atomic mass is 16.5. The largest absolute Gasteiger partial charge is 0.481 e. The van der Waals surface area contributed by atoms with E-state index in [0.29, 0.717) is 11.7 Å². The monoisotopic (exact) mass is 337 g/mol. The van der Waals surface area contributed by atoms with Crippen molar-refractivity contribution in [1.29, 1.82) is 0 Å². The van der Waals surface area contributed by atoms with Crippen molar-refractivity contribution in [1.82, 2.24) is 5.32 Å². The number of rotatable bonds is 8. The molecule has 0 aliphatic carbocycles. The molecule has 1 amide bonds. The Kier molecular flexibility index (Phi) is 6.78. The topological polar surface area (TPSA) is 84.9 Å². The van der Waals surface area contributed by atoms with Crippen molar-refractivity contribution in [3.05, 3.63) is 29.3 Å². The molecule has 0 spiro atoms.